The molecule has 3 aliphatic rings. The number of rotatable bonds is 6. The van der Waals surface area contributed by atoms with E-state index in [9.17, 15) is 14.4 Å². The minimum absolute atomic E-state index is 0.0543. The van der Waals surface area contributed by atoms with E-state index in [0.717, 1.165) is 58.5 Å². The maximum atomic E-state index is 13.3. The molecular formula is C21H37N5O3. The van der Waals surface area contributed by atoms with Crippen molar-refractivity contribution in [3.05, 3.63) is 0 Å². The molecule has 3 atom stereocenters. The molecule has 0 aromatic rings. The maximum Gasteiger partial charge on any atom is 0.326 e. The molecule has 2 heterocycles. The fraction of sp³-hybridized carbons (Fsp3) is 0.857. The zero-order chi connectivity index (χ0) is 21.2. The molecule has 0 aromatic carbocycles. The van der Waals surface area contributed by atoms with Gasteiger partial charge in [0.2, 0.25) is 5.91 Å². The van der Waals surface area contributed by atoms with Crippen LogP contribution >= 0.6 is 0 Å². The summed E-state index contributed by atoms with van der Waals surface area (Å²) in [6, 6.07) is -0.255. The molecule has 1 aliphatic carbocycles. The predicted molar refractivity (Wildman–Crippen MR) is 111 cm³/mol. The van der Waals surface area contributed by atoms with Gasteiger partial charge in [-0.3, -0.25) is 19.4 Å². The molecule has 8 nitrogen and oxygen atoms in total. The summed E-state index contributed by atoms with van der Waals surface area (Å²) >= 11 is 0. The summed E-state index contributed by atoms with van der Waals surface area (Å²) in [6.45, 7) is 13.5. The third-order valence-corrected chi connectivity index (χ3v) is 7.27. The summed E-state index contributed by atoms with van der Waals surface area (Å²) in [6.07, 6.45) is 3.06. The summed E-state index contributed by atoms with van der Waals surface area (Å²) in [5.41, 5.74) is -0.729. The molecule has 3 rings (SSSR count). The lowest BCUT2D eigenvalue weighted by atomic mass is 9.67. The first-order valence-electron chi connectivity index (χ1n) is 11.2. The van der Waals surface area contributed by atoms with Gasteiger partial charge in [-0.2, -0.15) is 0 Å². The van der Waals surface area contributed by atoms with Crippen LogP contribution in [0.1, 0.15) is 47.0 Å². The predicted octanol–water partition coefficient (Wildman–Crippen LogP) is 1.18. The number of piperazine rings is 1. The minimum atomic E-state index is -0.729. The number of carbonyl (C=O) groups excluding carboxylic acids is 3. The van der Waals surface area contributed by atoms with E-state index in [1.165, 1.54) is 4.90 Å². The molecule has 164 valence electrons. The van der Waals surface area contributed by atoms with Gasteiger partial charge >= 0.3 is 6.03 Å². The molecule has 1 unspecified atom stereocenters. The Morgan fingerprint density at radius 3 is 2.14 bits per heavy atom. The summed E-state index contributed by atoms with van der Waals surface area (Å²) in [7, 11) is 0. The first kappa shape index (κ1) is 22.0. The highest BCUT2D eigenvalue weighted by Gasteiger charge is 2.58. The largest absolute Gasteiger partial charge is 0.342 e. The zero-order valence-corrected chi connectivity index (χ0v) is 18.4. The molecule has 4 amide bonds. The number of likely N-dealkylation sites (N-methyl/N-ethyl adjacent to an activating group) is 1. The van der Waals surface area contributed by atoms with Crippen LogP contribution < -0.4 is 5.32 Å². The molecule has 2 aliphatic heterocycles. The third-order valence-electron chi connectivity index (χ3n) is 7.27. The van der Waals surface area contributed by atoms with E-state index in [0.29, 0.717) is 13.2 Å². The van der Waals surface area contributed by atoms with E-state index in [1.54, 1.807) is 0 Å². The number of nitrogens with zero attached hydrogens (tertiary/aromatic N) is 4. The first-order valence-corrected chi connectivity index (χ1v) is 11.2. The van der Waals surface area contributed by atoms with Crippen LogP contribution in [-0.4, -0.2) is 95.5 Å². The van der Waals surface area contributed by atoms with Crippen molar-refractivity contribution < 1.29 is 14.4 Å². The van der Waals surface area contributed by atoms with Crippen LogP contribution in [0.4, 0.5) is 4.79 Å². The van der Waals surface area contributed by atoms with E-state index < -0.39 is 5.54 Å². The number of imide groups is 1. The van der Waals surface area contributed by atoms with E-state index in [4.69, 9.17) is 0 Å². The summed E-state index contributed by atoms with van der Waals surface area (Å²) in [5, 5.41) is 3.07. The second kappa shape index (κ2) is 9.00. The number of nitrogens with one attached hydrogen (secondary N) is 1. The van der Waals surface area contributed by atoms with Crippen LogP contribution in [0.3, 0.4) is 0 Å². The zero-order valence-electron chi connectivity index (χ0n) is 18.4. The second-order valence-corrected chi connectivity index (χ2v) is 8.87. The Kier molecular flexibility index (Phi) is 6.83. The standard InChI is InChI=1S/C21H37N5O3/c1-5-25(6-2)18(27)14-23-10-12-24(13-11-23)15-26-19(28)21(22-20(26)29)16(3)8-7-9-17(21)4/h16-17H,5-15H2,1-4H3,(H,22,29)/t16-,17+,21?. The fourth-order valence-corrected chi connectivity index (χ4v) is 5.24. The van der Waals surface area contributed by atoms with Gasteiger partial charge in [-0.15, -0.1) is 0 Å². The highest BCUT2D eigenvalue weighted by molar-refractivity contribution is 6.07. The van der Waals surface area contributed by atoms with Crippen LogP contribution in [0.5, 0.6) is 0 Å². The molecule has 1 spiro atoms. The van der Waals surface area contributed by atoms with Crippen molar-refractivity contribution in [2.24, 2.45) is 11.8 Å². The SMILES string of the molecule is CCN(CC)C(=O)CN1CCN(CN2C(=O)NC3(C2=O)[C@H](C)CCC[C@@H]3C)CC1. The van der Waals surface area contributed by atoms with Gasteiger partial charge in [-0.05, 0) is 38.5 Å². The average molecular weight is 408 g/mol. The van der Waals surface area contributed by atoms with Gasteiger partial charge in [0.05, 0.1) is 13.2 Å². The summed E-state index contributed by atoms with van der Waals surface area (Å²) in [5.74, 6) is 0.437. The molecule has 1 N–H and O–H groups in total. The van der Waals surface area contributed by atoms with Crippen LogP contribution in [0.2, 0.25) is 0 Å². The van der Waals surface area contributed by atoms with Crippen molar-refractivity contribution >= 4 is 17.8 Å². The van der Waals surface area contributed by atoms with Crippen LogP contribution in [-0.2, 0) is 9.59 Å². The first-order chi connectivity index (χ1) is 13.8. The molecule has 0 aromatic heterocycles. The molecule has 8 heteroatoms. The van der Waals surface area contributed by atoms with E-state index in [2.05, 4.69) is 29.0 Å². The number of urea groups is 1. The second-order valence-electron chi connectivity index (χ2n) is 8.87. The smallest absolute Gasteiger partial charge is 0.326 e. The Balaban J connectivity index is 1.55. The fourth-order valence-electron chi connectivity index (χ4n) is 5.24. The Hall–Kier alpha value is -1.67. The normalized spacial score (nSPS) is 31.4. The molecule has 0 bridgehead atoms. The number of carbonyl (C=O) groups is 3. The van der Waals surface area contributed by atoms with Gasteiger partial charge in [-0.25, -0.2) is 9.69 Å². The Morgan fingerprint density at radius 2 is 1.59 bits per heavy atom. The van der Waals surface area contributed by atoms with Gasteiger partial charge in [0, 0.05) is 39.3 Å². The molecule has 0 radical (unpaired) electrons. The van der Waals surface area contributed by atoms with E-state index in [-0.39, 0.29) is 29.7 Å². The monoisotopic (exact) mass is 407 g/mol. The van der Waals surface area contributed by atoms with Crippen LogP contribution in [0.25, 0.3) is 0 Å². The molecule has 2 saturated heterocycles. The van der Waals surface area contributed by atoms with Crippen molar-refractivity contribution in [3.63, 3.8) is 0 Å². The highest BCUT2D eigenvalue weighted by Crippen LogP contribution is 2.42. The Morgan fingerprint density at radius 1 is 1.03 bits per heavy atom. The molecular weight excluding hydrogens is 370 g/mol. The van der Waals surface area contributed by atoms with Crippen LogP contribution in [0.15, 0.2) is 0 Å². The van der Waals surface area contributed by atoms with Crippen molar-refractivity contribution in [2.75, 3.05) is 52.5 Å². The minimum Gasteiger partial charge on any atom is -0.342 e. The van der Waals surface area contributed by atoms with E-state index >= 15 is 0 Å². The number of amides is 4. The summed E-state index contributed by atoms with van der Waals surface area (Å²) < 4.78 is 0. The lowest BCUT2D eigenvalue weighted by Crippen LogP contribution is -2.59. The average Bonchev–Trinajstić information content (AvgIpc) is 2.94. The van der Waals surface area contributed by atoms with Crippen molar-refractivity contribution in [3.8, 4) is 0 Å². The third kappa shape index (κ3) is 4.14. The Labute approximate surface area is 174 Å². The van der Waals surface area contributed by atoms with Gasteiger partial charge in [-0.1, -0.05) is 20.3 Å². The van der Waals surface area contributed by atoms with Crippen molar-refractivity contribution in [1.82, 2.24) is 24.9 Å². The maximum absolute atomic E-state index is 13.3. The molecule has 1 saturated carbocycles. The quantitative estimate of drug-likeness (QED) is 0.669. The number of hydrogen-bond acceptors (Lipinski definition) is 5. The lowest BCUT2D eigenvalue weighted by molar-refractivity contribution is -0.138. The van der Waals surface area contributed by atoms with Crippen molar-refractivity contribution in [1.29, 1.82) is 0 Å². The molecule has 3 fully saturated rings. The van der Waals surface area contributed by atoms with Gasteiger partial charge in [0.1, 0.15) is 5.54 Å². The topological polar surface area (TPSA) is 76.2 Å². The lowest BCUT2D eigenvalue weighted by Gasteiger charge is -2.42. The van der Waals surface area contributed by atoms with Crippen LogP contribution in [0, 0.1) is 11.8 Å². The van der Waals surface area contributed by atoms with E-state index in [1.807, 2.05) is 18.7 Å². The Bertz CT molecular complexity index is 618. The van der Waals surface area contributed by atoms with Gasteiger partial charge < -0.3 is 10.2 Å². The number of hydrogen-bond donors (Lipinski definition) is 1. The van der Waals surface area contributed by atoms with Gasteiger partial charge in [0.25, 0.3) is 5.91 Å². The van der Waals surface area contributed by atoms with Crippen molar-refractivity contribution in [2.45, 2.75) is 52.5 Å². The molecule has 29 heavy (non-hydrogen) atoms. The van der Waals surface area contributed by atoms with Gasteiger partial charge in [0.15, 0.2) is 0 Å². The summed E-state index contributed by atoms with van der Waals surface area (Å²) in [4.78, 5) is 45.9. The highest BCUT2D eigenvalue weighted by atomic mass is 16.2.